The van der Waals surface area contributed by atoms with Crippen molar-refractivity contribution < 1.29 is 14.6 Å². The summed E-state index contributed by atoms with van der Waals surface area (Å²) in [5, 5.41) is 10.4. The lowest BCUT2D eigenvalue weighted by atomic mass is 10.0. The third-order valence-electron chi connectivity index (χ3n) is 4.85. The molecule has 2 aromatic rings. The number of hydrogen-bond acceptors (Lipinski definition) is 4. The number of aliphatic imine (C=N–C) groups is 1. The topological polar surface area (TPSA) is 62.1 Å². The molecule has 1 unspecified atom stereocenters. The Morgan fingerprint density at radius 1 is 1.00 bits per heavy atom. The molecule has 1 heterocycles. The molecule has 5 heteroatoms. The summed E-state index contributed by atoms with van der Waals surface area (Å²) in [6.45, 7) is 2.86. The highest BCUT2D eigenvalue weighted by Gasteiger charge is 2.17. The number of carbonyl (C=O) groups is 1. The van der Waals surface area contributed by atoms with Crippen LogP contribution in [0.5, 0.6) is 0 Å². The van der Waals surface area contributed by atoms with Gasteiger partial charge in [0.05, 0.1) is 25.9 Å². The maximum Gasteiger partial charge on any atom is 0.223 e. The largest absolute Gasteiger partial charge is 0.391 e. The third-order valence-corrected chi connectivity index (χ3v) is 4.85. The minimum Gasteiger partial charge on any atom is -0.391 e. The van der Waals surface area contributed by atoms with Crippen LogP contribution in [0.3, 0.4) is 0 Å². The van der Waals surface area contributed by atoms with Gasteiger partial charge in [-0.25, -0.2) is 0 Å². The van der Waals surface area contributed by atoms with Crippen LogP contribution in [0.4, 0.5) is 0 Å². The Morgan fingerprint density at radius 3 is 2.32 bits per heavy atom. The molecular weight excluding hydrogens is 352 g/mol. The highest BCUT2D eigenvalue weighted by molar-refractivity contribution is 6.02. The molecule has 1 N–H and O–H groups in total. The fraction of sp³-hybridized carbons (Fsp3) is 0.391. The van der Waals surface area contributed by atoms with Crippen molar-refractivity contribution in [3.8, 4) is 0 Å². The van der Waals surface area contributed by atoms with Crippen LogP contribution in [0.2, 0.25) is 0 Å². The molecule has 0 bridgehead atoms. The highest BCUT2D eigenvalue weighted by atomic mass is 16.5. The van der Waals surface area contributed by atoms with Gasteiger partial charge in [-0.2, -0.15) is 0 Å². The fourth-order valence-electron chi connectivity index (χ4n) is 3.31. The summed E-state index contributed by atoms with van der Waals surface area (Å²) in [7, 11) is 0. The summed E-state index contributed by atoms with van der Waals surface area (Å²) in [6, 6.07) is 19.8. The SMILES string of the molecule is O=C(CCC(=NCC(O)Cc1ccccc1)c1ccccc1)N1CCOCC1. The van der Waals surface area contributed by atoms with Crippen LogP contribution in [0.1, 0.15) is 24.0 Å². The van der Waals surface area contributed by atoms with E-state index in [4.69, 9.17) is 4.74 Å². The molecule has 28 heavy (non-hydrogen) atoms. The number of nitrogens with zero attached hydrogens (tertiary/aromatic N) is 2. The van der Waals surface area contributed by atoms with Crippen molar-refractivity contribution in [2.75, 3.05) is 32.8 Å². The van der Waals surface area contributed by atoms with E-state index < -0.39 is 6.10 Å². The van der Waals surface area contributed by atoms with Crippen molar-refractivity contribution in [2.24, 2.45) is 4.99 Å². The van der Waals surface area contributed by atoms with Crippen molar-refractivity contribution in [2.45, 2.75) is 25.4 Å². The van der Waals surface area contributed by atoms with Gasteiger partial charge in [0.15, 0.2) is 0 Å². The summed E-state index contributed by atoms with van der Waals surface area (Å²) in [5.41, 5.74) is 2.97. The molecule has 5 nitrogen and oxygen atoms in total. The minimum absolute atomic E-state index is 0.136. The number of benzene rings is 2. The molecule has 1 aliphatic heterocycles. The first kappa shape index (κ1) is 20.2. The third kappa shape index (κ3) is 6.29. The zero-order valence-electron chi connectivity index (χ0n) is 16.2. The second-order valence-corrected chi connectivity index (χ2v) is 6.99. The molecule has 1 fully saturated rings. The van der Waals surface area contributed by atoms with Crippen molar-refractivity contribution in [3.05, 3.63) is 71.8 Å². The number of carbonyl (C=O) groups excluding carboxylic acids is 1. The van der Waals surface area contributed by atoms with Crippen molar-refractivity contribution >= 4 is 11.6 Å². The Labute approximate surface area is 166 Å². The Kier molecular flexibility index (Phi) is 7.76. The number of ether oxygens (including phenoxy) is 1. The standard InChI is InChI=1S/C23H28N2O3/c26-21(17-19-7-3-1-4-8-19)18-24-22(20-9-5-2-6-10-20)11-12-23(27)25-13-15-28-16-14-25/h1-10,21,26H,11-18H2. The van der Waals surface area contributed by atoms with Crippen LogP contribution >= 0.6 is 0 Å². The molecule has 0 aliphatic carbocycles. The summed E-state index contributed by atoms with van der Waals surface area (Å²) >= 11 is 0. The number of amides is 1. The van der Waals surface area contributed by atoms with Gasteiger partial charge in [0.1, 0.15) is 0 Å². The van der Waals surface area contributed by atoms with Gasteiger partial charge < -0.3 is 14.7 Å². The van der Waals surface area contributed by atoms with Gasteiger partial charge in [-0.3, -0.25) is 9.79 Å². The van der Waals surface area contributed by atoms with Gasteiger partial charge in [0.25, 0.3) is 0 Å². The van der Waals surface area contributed by atoms with E-state index in [0.29, 0.717) is 52.1 Å². The molecule has 3 rings (SSSR count). The Morgan fingerprint density at radius 2 is 1.64 bits per heavy atom. The van der Waals surface area contributed by atoms with Crippen LogP contribution in [0, 0.1) is 0 Å². The van der Waals surface area contributed by atoms with E-state index in [1.165, 1.54) is 0 Å². The van der Waals surface area contributed by atoms with Crippen molar-refractivity contribution in [3.63, 3.8) is 0 Å². The average molecular weight is 380 g/mol. The van der Waals surface area contributed by atoms with Gasteiger partial charge in [-0.1, -0.05) is 60.7 Å². The van der Waals surface area contributed by atoms with Gasteiger partial charge in [-0.15, -0.1) is 0 Å². The van der Waals surface area contributed by atoms with E-state index in [2.05, 4.69) is 4.99 Å². The van der Waals surface area contributed by atoms with Crippen LogP contribution in [-0.2, 0) is 16.0 Å². The van der Waals surface area contributed by atoms with Gasteiger partial charge >= 0.3 is 0 Å². The van der Waals surface area contributed by atoms with E-state index in [1.807, 2.05) is 65.6 Å². The van der Waals surface area contributed by atoms with Crippen LogP contribution in [0.25, 0.3) is 0 Å². The van der Waals surface area contributed by atoms with Crippen LogP contribution < -0.4 is 0 Å². The average Bonchev–Trinajstić information content (AvgIpc) is 2.75. The molecule has 1 aliphatic rings. The molecule has 148 valence electrons. The van der Waals surface area contributed by atoms with E-state index in [9.17, 15) is 9.90 Å². The maximum atomic E-state index is 12.5. The first-order valence-electron chi connectivity index (χ1n) is 9.88. The van der Waals surface area contributed by atoms with E-state index >= 15 is 0 Å². The predicted molar refractivity (Wildman–Crippen MR) is 111 cm³/mol. The van der Waals surface area contributed by atoms with Gasteiger partial charge in [-0.05, 0) is 17.5 Å². The number of hydrogen-bond donors (Lipinski definition) is 1. The molecule has 0 spiro atoms. The summed E-state index contributed by atoms with van der Waals surface area (Å²) in [5.74, 6) is 0.136. The highest BCUT2D eigenvalue weighted by Crippen LogP contribution is 2.11. The molecule has 0 radical (unpaired) electrons. The fourth-order valence-corrected chi connectivity index (χ4v) is 3.31. The molecule has 1 atom stereocenters. The molecular formula is C23H28N2O3. The Hall–Kier alpha value is -2.50. The Bertz CT molecular complexity index is 756. The monoisotopic (exact) mass is 380 g/mol. The van der Waals surface area contributed by atoms with E-state index in [0.717, 1.165) is 16.8 Å². The Balaban J connectivity index is 1.61. The normalized spacial score (nSPS) is 16.0. The first-order chi connectivity index (χ1) is 13.7. The lowest BCUT2D eigenvalue weighted by Gasteiger charge is -2.27. The number of morpholine rings is 1. The second-order valence-electron chi connectivity index (χ2n) is 6.99. The quantitative estimate of drug-likeness (QED) is 0.717. The van der Waals surface area contributed by atoms with Crippen molar-refractivity contribution in [1.29, 1.82) is 0 Å². The van der Waals surface area contributed by atoms with E-state index in [-0.39, 0.29) is 5.91 Å². The molecule has 0 aromatic heterocycles. The molecule has 0 saturated carbocycles. The number of aliphatic hydroxyl groups is 1. The summed E-state index contributed by atoms with van der Waals surface area (Å²) in [6.07, 6.45) is 1.01. The predicted octanol–water partition coefficient (Wildman–Crippen LogP) is 2.72. The smallest absolute Gasteiger partial charge is 0.223 e. The van der Waals surface area contributed by atoms with Crippen LogP contribution in [0.15, 0.2) is 65.7 Å². The van der Waals surface area contributed by atoms with Crippen LogP contribution in [-0.4, -0.2) is 60.6 Å². The van der Waals surface area contributed by atoms with Gasteiger partial charge in [0, 0.05) is 31.6 Å². The van der Waals surface area contributed by atoms with Crippen molar-refractivity contribution in [1.82, 2.24) is 4.90 Å². The first-order valence-corrected chi connectivity index (χ1v) is 9.88. The zero-order chi connectivity index (χ0) is 19.6. The molecule has 1 saturated heterocycles. The molecule has 2 aromatic carbocycles. The lowest BCUT2D eigenvalue weighted by Crippen LogP contribution is -2.40. The zero-order valence-corrected chi connectivity index (χ0v) is 16.2. The maximum absolute atomic E-state index is 12.5. The number of aliphatic hydroxyl groups excluding tert-OH is 1. The molecule has 1 amide bonds. The lowest BCUT2D eigenvalue weighted by molar-refractivity contribution is -0.135. The minimum atomic E-state index is -0.545. The van der Waals surface area contributed by atoms with E-state index in [1.54, 1.807) is 0 Å². The summed E-state index contributed by atoms with van der Waals surface area (Å²) in [4.78, 5) is 19.0. The van der Waals surface area contributed by atoms with Gasteiger partial charge in [0.2, 0.25) is 5.91 Å². The number of rotatable bonds is 8. The summed E-state index contributed by atoms with van der Waals surface area (Å²) < 4.78 is 5.31. The second kappa shape index (κ2) is 10.7.